The van der Waals surface area contributed by atoms with E-state index in [1.807, 2.05) is 0 Å². The molecule has 35 heavy (non-hydrogen) atoms. The van der Waals surface area contributed by atoms with Gasteiger partial charge in [-0.15, -0.1) is 9.05 Å². The van der Waals surface area contributed by atoms with Crippen LogP contribution in [0.25, 0.3) is 0 Å². The maximum Gasteiger partial charge on any atom is 2.00 e. The Morgan fingerprint density at radius 2 is 0.686 bits per heavy atom. The molecule has 0 aromatic rings. The maximum absolute atomic E-state index is 10.5. The van der Waals surface area contributed by atoms with Gasteiger partial charge in [-0.25, -0.2) is 0 Å². The topological polar surface area (TPSA) is 340 Å². The van der Waals surface area contributed by atoms with Gasteiger partial charge in [0.05, 0.1) is 11.9 Å². The van der Waals surface area contributed by atoms with Crippen LogP contribution in [0.2, 0.25) is 0 Å². The van der Waals surface area contributed by atoms with E-state index in [0.717, 1.165) is 0 Å². The van der Waals surface area contributed by atoms with Crippen molar-refractivity contribution in [3.05, 3.63) is 0 Å². The van der Waals surface area contributed by atoms with E-state index in [1.54, 1.807) is 0 Å². The molecular weight excluding hydrogens is 614 g/mol. The molecule has 0 aliphatic carbocycles. The Morgan fingerprint density at radius 3 is 0.771 bits per heavy atom. The van der Waals surface area contributed by atoms with E-state index < -0.39 is 89.2 Å². The van der Waals surface area contributed by atoms with Crippen molar-refractivity contribution in [2.24, 2.45) is 0 Å². The van der Waals surface area contributed by atoms with E-state index in [9.17, 15) is 78.3 Å². The molecule has 23 heteroatoms. The summed E-state index contributed by atoms with van der Waals surface area (Å²) in [5, 5.41) is 61.8. The molecule has 0 spiro atoms. The largest absolute Gasteiger partial charge is 2.00 e. The zero-order valence-corrected chi connectivity index (χ0v) is 25.6. The standard InChI is InChI=1S/2C6H7O9P.3Ca/c2*7-3(8)1-6(5(11)12,2-4(9)10)15-16(13)14;;;/h2*1-2H2,(H,7,8)(H,9,10)(H,11,12);;;/q;;3*+2/p-6. The number of hydrogen-bond donors (Lipinski definition) is 0. The number of carbonyl (C=O) groups excluding carboxylic acids is 6. The van der Waals surface area contributed by atoms with Crippen molar-refractivity contribution in [1.29, 1.82) is 0 Å². The van der Waals surface area contributed by atoms with Gasteiger partial charge in [0.15, 0.2) is 11.2 Å². The average molecular weight is 622 g/mol. The van der Waals surface area contributed by atoms with Crippen LogP contribution >= 0.6 is 16.5 Å². The van der Waals surface area contributed by atoms with Crippen LogP contribution in [0.3, 0.4) is 0 Å². The van der Waals surface area contributed by atoms with Crippen LogP contribution in [-0.2, 0) is 46.9 Å². The Hall–Kier alpha value is 0.639. The van der Waals surface area contributed by atoms with E-state index in [-0.39, 0.29) is 113 Å². The number of aliphatic carboxylic acids is 6. The smallest absolute Gasteiger partial charge is 0.566 e. The summed E-state index contributed by atoms with van der Waals surface area (Å²) in [6, 6.07) is 0. The summed E-state index contributed by atoms with van der Waals surface area (Å²) < 4.78 is 27.9. The number of rotatable bonds is 14. The summed E-state index contributed by atoms with van der Waals surface area (Å²) >= 11 is 0. The Labute approximate surface area is 285 Å². The van der Waals surface area contributed by atoms with E-state index in [0.29, 0.717) is 0 Å². The van der Waals surface area contributed by atoms with Crippen LogP contribution in [0.15, 0.2) is 0 Å². The molecule has 0 saturated heterocycles. The van der Waals surface area contributed by atoms with Crippen molar-refractivity contribution >= 4 is 166 Å². The molecule has 0 aliphatic heterocycles. The summed E-state index contributed by atoms with van der Waals surface area (Å²) in [5.41, 5.74) is -6.10. The van der Waals surface area contributed by atoms with Crippen LogP contribution in [0, 0.1) is 0 Å². The van der Waals surface area contributed by atoms with Gasteiger partial charge in [0.25, 0.3) is 0 Å². The Kier molecular flexibility index (Phi) is 28.1. The Bertz CT molecular complexity index is 669. The molecule has 0 bridgehead atoms. The summed E-state index contributed by atoms with van der Waals surface area (Å²) in [5.74, 6) is -12.7. The van der Waals surface area contributed by atoms with Crippen molar-refractivity contribution in [2.75, 3.05) is 0 Å². The zero-order valence-electron chi connectivity index (χ0n) is 17.2. The fraction of sp³-hybridized carbons (Fsp3) is 0.500. The SMILES string of the molecule is O=C([O-])CC(CC(=O)[O-])(O[P+](=O)[O-])C(=O)[O-].O=C([O-])CC(CC(=O)[O-])(O[P+](=O)[O-])C(=O)[O-].[Ca+2].[Ca+2].[Ca+2]. The molecule has 0 fully saturated rings. The molecule has 0 aliphatic rings. The Morgan fingerprint density at radius 1 is 0.514 bits per heavy atom. The van der Waals surface area contributed by atoms with Gasteiger partial charge in [-0.3, -0.25) is 0 Å². The second kappa shape index (κ2) is 21.6. The van der Waals surface area contributed by atoms with Gasteiger partial charge in [-0.05, 0) is 9.13 Å². The molecule has 180 valence electrons. The third-order valence-corrected chi connectivity index (χ3v) is 3.96. The molecule has 0 radical (unpaired) electrons. The summed E-state index contributed by atoms with van der Waals surface area (Å²) in [6.45, 7) is 0. The van der Waals surface area contributed by atoms with Crippen LogP contribution in [-0.4, -0.2) is 160 Å². The molecule has 2 atom stereocenters. The molecular formula is C12H8Ca3O18P2. The average Bonchev–Trinajstić information content (AvgIpc) is 2.50. The van der Waals surface area contributed by atoms with Crippen LogP contribution < -0.4 is 40.4 Å². The maximum atomic E-state index is 10.5. The van der Waals surface area contributed by atoms with E-state index in [2.05, 4.69) is 9.05 Å². The van der Waals surface area contributed by atoms with E-state index in [4.69, 9.17) is 0 Å². The van der Waals surface area contributed by atoms with Gasteiger partial charge in [0.2, 0.25) is 0 Å². The minimum absolute atomic E-state index is 0. The Balaban J connectivity index is -0.000000158. The molecule has 0 heterocycles. The minimum Gasteiger partial charge on any atom is -0.566 e. The first-order valence-electron chi connectivity index (χ1n) is 7.28. The summed E-state index contributed by atoms with van der Waals surface area (Å²) in [6.07, 6.45) is -5.97. The number of carbonyl (C=O) groups is 6. The summed E-state index contributed by atoms with van der Waals surface area (Å²) in [4.78, 5) is 82.2. The first-order valence-corrected chi connectivity index (χ1v) is 9.47. The number of hydrogen-bond acceptors (Lipinski definition) is 18. The second-order valence-corrected chi connectivity index (χ2v) is 6.65. The predicted molar refractivity (Wildman–Crippen MR) is 88.6 cm³/mol. The van der Waals surface area contributed by atoms with Crippen LogP contribution in [0.4, 0.5) is 0 Å². The zero-order chi connectivity index (χ0) is 25.9. The first-order chi connectivity index (χ1) is 14.4. The van der Waals surface area contributed by atoms with Crippen LogP contribution in [0.5, 0.6) is 0 Å². The quantitative estimate of drug-likeness (QED) is 0.128. The molecule has 0 aromatic heterocycles. The fourth-order valence-electron chi connectivity index (χ4n) is 1.84. The van der Waals surface area contributed by atoms with Gasteiger partial charge in [-0.2, -0.15) is 0 Å². The van der Waals surface area contributed by atoms with Crippen molar-refractivity contribution in [1.82, 2.24) is 0 Å². The number of carboxylic acids is 6. The molecule has 0 rings (SSSR count). The normalized spacial score (nSPS) is 10.9. The van der Waals surface area contributed by atoms with E-state index >= 15 is 0 Å². The van der Waals surface area contributed by atoms with Crippen LogP contribution in [0.1, 0.15) is 25.7 Å². The molecule has 0 amide bonds. The van der Waals surface area contributed by atoms with Gasteiger partial charge >= 0.3 is 130 Å². The number of carboxylic acid groups (broad SMARTS) is 6. The molecule has 18 nitrogen and oxygen atoms in total. The third kappa shape index (κ3) is 20.3. The monoisotopic (exact) mass is 622 g/mol. The predicted octanol–water partition coefficient (Wildman–Crippen LogP) is -11.6. The van der Waals surface area contributed by atoms with Crippen molar-refractivity contribution in [3.8, 4) is 0 Å². The van der Waals surface area contributed by atoms with Crippen molar-refractivity contribution in [3.63, 3.8) is 0 Å². The van der Waals surface area contributed by atoms with Gasteiger partial charge in [0.1, 0.15) is 0 Å². The van der Waals surface area contributed by atoms with Crippen molar-refractivity contribution < 1.29 is 87.4 Å². The first kappa shape index (κ1) is 45.6. The summed E-state index contributed by atoms with van der Waals surface area (Å²) in [7, 11) is -7.57. The molecule has 0 N–H and O–H groups in total. The fourth-order valence-corrected chi connectivity index (χ4v) is 2.81. The van der Waals surface area contributed by atoms with Gasteiger partial charge < -0.3 is 69.2 Å². The van der Waals surface area contributed by atoms with Gasteiger partial charge in [0, 0.05) is 49.6 Å². The minimum atomic E-state index is -3.79. The molecule has 0 saturated carbocycles. The van der Waals surface area contributed by atoms with Crippen molar-refractivity contribution in [2.45, 2.75) is 36.9 Å². The third-order valence-electron chi connectivity index (χ3n) is 2.96. The molecule has 2 unspecified atom stereocenters. The molecule has 0 aromatic carbocycles. The van der Waals surface area contributed by atoms with E-state index in [1.165, 1.54) is 0 Å². The van der Waals surface area contributed by atoms with Gasteiger partial charge in [-0.1, -0.05) is 0 Å². The second-order valence-electron chi connectivity index (χ2n) is 5.39.